The second kappa shape index (κ2) is 1.72. The van der Waals surface area contributed by atoms with E-state index in [1.54, 1.807) is 6.92 Å². The Morgan fingerprint density at radius 3 is 2.75 bits per heavy atom. The minimum atomic E-state index is -0.542. The summed E-state index contributed by atoms with van der Waals surface area (Å²) < 4.78 is 0.824. The van der Waals surface area contributed by atoms with Gasteiger partial charge in [0.15, 0.2) is 0 Å². The van der Waals surface area contributed by atoms with E-state index in [1.165, 1.54) is 6.26 Å². The monoisotopic (exact) mass is 178 g/mol. The number of hydroxylamine groups is 1. The Labute approximate surface area is 56.0 Å². The lowest BCUT2D eigenvalue weighted by atomic mass is 10.2. The first-order valence-corrected chi connectivity index (χ1v) is 3.00. The van der Waals surface area contributed by atoms with Gasteiger partial charge < -0.3 is 10.6 Å². The number of hydrogen-bond donors (Lipinski definition) is 2. The molecule has 0 fully saturated rings. The third-order valence-corrected chi connectivity index (χ3v) is 1.94. The molecule has 46 valence electrons. The van der Waals surface area contributed by atoms with E-state index in [-0.39, 0.29) is 0 Å². The largest absolute Gasteiger partial charge is 0.413 e. The van der Waals surface area contributed by atoms with Crippen molar-refractivity contribution in [1.29, 1.82) is 0 Å². The summed E-state index contributed by atoms with van der Waals surface area (Å²) in [5.41, 5.74) is 7.61. The zero-order valence-electron chi connectivity index (χ0n) is 4.44. The maximum atomic E-state index is 5.57. The van der Waals surface area contributed by atoms with Crippen LogP contribution in [-0.2, 0) is 4.84 Å². The fourth-order valence-electron chi connectivity index (χ4n) is 0.375. The van der Waals surface area contributed by atoms with Gasteiger partial charge in [-0.15, -0.1) is 5.48 Å². The van der Waals surface area contributed by atoms with E-state index in [2.05, 4.69) is 26.2 Å². The summed E-state index contributed by atoms with van der Waals surface area (Å²) >= 11 is 3.21. The molecule has 3 nitrogen and oxygen atoms in total. The highest BCUT2D eigenvalue weighted by Crippen LogP contribution is 2.21. The van der Waals surface area contributed by atoms with Crippen molar-refractivity contribution in [1.82, 2.24) is 5.48 Å². The van der Waals surface area contributed by atoms with Crippen molar-refractivity contribution in [3.05, 3.63) is 10.7 Å². The molecule has 0 amide bonds. The smallest absolute Gasteiger partial charge is 0.133 e. The first-order valence-electron chi connectivity index (χ1n) is 2.21. The molecule has 0 bridgehead atoms. The Bertz CT molecular complexity index is 132. The molecular formula is C4H7BrN2O. The summed E-state index contributed by atoms with van der Waals surface area (Å²) in [4.78, 5) is 4.69. The average Bonchev–Trinajstić information content (AvgIpc) is 1.86. The summed E-state index contributed by atoms with van der Waals surface area (Å²) in [5.74, 6) is 0. The van der Waals surface area contributed by atoms with Crippen LogP contribution in [0.3, 0.4) is 0 Å². The predicted octanol–water partition coefficient (Wildman–Crippen LogP) is 0.432. The molecule has 3 N–H and O–H groups in total. The lowest BCUT2D eigenvalue weighted by Crippen LogP contribution is -2.46. The second-order valence-electron chi connectivity index (χ2n) is 1.89. The highest BCUT2D eigenvalue weighted by atomic mass is 79.9. The maximum Gasteiger partial charge on any atom is 0.133 e. The van der Waals surface area contributed by atoms with E-state index in [9.17, 15) is 0 Å². The first kappa shape index (κ1) is 6.07. The van der Waals surface area contributed by atoms with Gasteiger partial charge in [0.25, 0.3) is 0 Å². The molecule has 1 heterocycles. The van der Waals surface area contributed by atoms with Crippen LogP contribution in [0.1, 0.15) is 6.92 Å². The third-order valence-electron chi connectivity index (χ3n) is 0.929. The number of nitrogens with two attached hydrogens (primary N) is 1. The lowest BCUT2D eigenvalue weighted by Gasteiger charge is -2.15. The normalized spacial score (nSPS) is 36.6. The van der Waals surface area contributed by atoms with Crippen molar-refractivity contribution in [2.75, 3.05) is 0 Å². The van der Waals surface area contributed by atoms with Gasteiger partial charge in [0.2, 0.25) is 0 Å². The molecule has 0 spiro atoms. The van der Waals surface area contributed by atoms with Gasteiger partial charge >= 0.3 is 0 Å². The van der Waals surface area contributed by atoms with Crippen LogP contribution in [-0.4, -0.2) is 5.66 Å². The van der Waals surface area contributed by atoms with Crippen LogP contribution in [0.25, 0.3) is 0 Å². The Morgan fingerprint density at radius 2 is 2.62 bits per heavy atom. The Balaban J connectivity index is 2.73. The van der Waals surface area contributed by atoms with Crippen molar-refractivity contribution in [3.63, 3.8) is 0 Å². The van der Waals surface area contributed by atoms with Crippen LogP contribution in [0.4, 0.5) is 0 Å². The molecule has 1 aliphatic rings. The fourth-order valence-corrected chi connectivity index (χ4v) is 0.549. The van der Waals surface area contributed by atoms with E-state index >= 15 is 0 Å². The maximum absolute atomic E-state index is 5.57. The zero-order valence-corrected chi connectivity index (χ0v) is 6.03. The van der Waals surface area contributed by atoms with Crippen molar-refractivity contribution in [3.8, 4) is 0 Å². The van der Waals surface area contributed by atoms with Gasteiger partial charge in [-0.1, -0.05) is 0 Å². The summed E-state index contributed by atoms with van der Waals surface area (Å²) in [5, 5.41) is 0. The van der Waals surface area contributed by atoms with Crippen molar-refractivity contribution in [2.45, 2.75) is 12.6 Å². The number of hydrogen-bond acceptors (Lipinski definition) is 3. The zero-order chi connectivity index (χ0) is 6.20. The standard InChI is InChI=1S/C4H7BrN2O/c1-4(6)3(5)2-8-7-4/h2,7H,6H2,1H3. The molecule has 0 aromatic heterocycles. The fraction of sp³-hybridized carbons (Fsp3) is 0.500. The molecule has 1 atom stereocenters. The predicted molar refractivity (Wildman–Crippen MR) is 33.8 cm³/mol. The van der Waals surface area contributed by atoms with Crippen molar-refractivity contribution < 1.29 is 4.84 Å². The van der Waals surface area contributed by atoms with Crippen LogP contribution in [0, 0.1) is 0 Å². The van der Waals surface area contributed by atoms with E-state index in [1.807, 2.05) is 0 Å². The molecule has 0 saturated carbocycles. The van der Waals surface area contributed by atoms with Crippen molar-refractivity contribution >= 4 is 15.9 Å². The minimum absolute atomic E-state index is 0.542. The summed E-state index contributed by atoms with van der Waals surface area (Å²) in [6.07, 6.45) is 1.53. The van der Waals surface area contributed by atoms with Crippen LogP contribution < -0.4 is 11.2 Å². The summed E-state index contributed by atoms with van der Waals surface area (Å²) in [6, 6.07) is 0. The molecule has 0 aliphatic carbocycles. The molecule has 8 heavy (non-hydrogen) atoms. The molecule has 0 saturated heterocycles. The number of nitrogens with one attached hydrogen (secondary N) is 1. The first-order chi connectivity index (χ1) is 3.63. The van der Waals surface area contributed by atoms with Gasteiger partial charge in [-0.25, -0.2) is 0 Å². The van der Waals surface area contributed by atoms with Crippen LogP contribution in [0.15, 0.2) is 10.7 Å². The van der Waals surface area contributed by atoms with Gasteiger partial charge in [-0.05, 0) is 22.9 Å². The van der Waals surface area contributed by atoms with Crippen LogP contribution >= 0.6 is 15.9 Å². The quantitative estimate of drug-likeness (QED) is 0.566. The second-order valence-corrected chi connectivity index (χ2v) is 2.74. The van der Waals surface area contributed by atoms with Crippen LogP contribution in [0.2, 0.25) is 0 Å². The third kappa shape index (κ3) is 0.866. The average molecular weight is 179 g/mol. The minimum Gasteiger partial charge on any atom is -0.413 e. The molecule has 0 aromatic rings. The number of rotatable bonds is 0. The molecule has 0 aromatic carbocycles. The van der Waals surface area contributed by atoms with Crippen LogP contribution in [0.5, 0.6) is 0 Å². The SMILES string of the molecule is CC1(N)NOC=C1Br. The molecule has 1 rings (SSSR count). The molecule has 1 unspecified atom stereocenters. The Morgan fingerprint density at radius 1 is 2.00 bits per heavy atom. The Kier molecular flexibility index (Phi) is 1.30. The van der Waals surface area contributed by atoms with Gasteiger partial charge in [-0.2, -0.15) is 0 Å². The molecule has 4 heteroatoms. The van der Waals surface area contributed by atoms with Crippen molar-refractivity contribution in [2.24, 2.45) is 5.73 Å². The van der Waals surface area contributed by atoms with Gasteiger partial charge in [-0.3, -0.25) is 0 Å². The molecule has 0 radical (unpaired) electrons. The topological polar surface area (TPSA) is 47.3 Å². The Hall–Kier alpha value is -0.0600. The van der Waals surface area contributed by atoms with Gasteiger partial charge in [0.05, 0.1) is 4.48 Å². The lowest BCUT2D eigenvalue weighted by molar-refractivity contribution is 0.108. The van der Waals surface area contributed by atoms with Gasteiger partial charge in [0.1, 0.15) is 11.9 Å². The summed E-state index contributed by atoms with van der Waals surface area (Å²) in [7, 11) is 0. The van der Waals surface area contributed by atoms with E-state index < -0.39 is 5.66 Å². The highest BCUT2D eigenvalue weighted by Gasteiger charge is 2.27. The van der Waals surface area contributed by atoms with Gasteiger partial charge in [0, 0.05) is 0 Å². The summed E-state index contributed by atoms with van der Waals surface area (Å²) in [6.45, 7) is 1.81. The van der Waals surface area contributed by atoms with E-state index in [0.717, 1.165) is 4.48 Å². The number of halogens is 1. The highest BCUT2D eigenvalue weighted by molar-refractivity contribution is 9.11. The van der Waals surface area contributed by atoms with E-state index in [4.69, 9.17) is 5.73 Å². The molecular weight excluding hydrogens is 172 g/mol. The molecule has 1 aliphatic heterocycles. The van der Waals surface area contributed by atoms with E-state index in [0.29, 0.717) is 0 Å².